The first-order valence-corrected chi connectivity index (χ1v) is 10.9. The SMILES string of the molecule is CCCCCCCCN(CCCCCCCC)S(=O)(=O)NC(N)=O. The molecule has 144 valence electrons. The molecule has 0 aliphatic heterocycles. The third kappa shape index (κ3) is 12.6. The van der Waals surface area contributed by atoms with Crippen LogP contribution in [0, 0.1) is 0 Å². The Morgan fingerprint density at radius 1 is 0.792 bits per heavy atom. The van der Waals surface area contributed by atoms with Crippen molar-refractivity contribution in [1.82, 2.24) is 9.03 Å². The Labute approximate surface area is 148 Å². The lowest BCUT2D eigenvalue weighted by molar-refractivity contribution is 0.252. The van der Waals surface area contributed by atoms with E-state index in [1.807, 2.05) is 4.72 Å². The fourth-order valence-electron chi connectivity index (χ4n) is 2.68. The van der Waals surface area contributed by atoms with E-state index in [0.29, 0.717) is 13.1 Å². The topological polar surface area (TPSA) is 92.5 Å². The summed E-state index contributed by atoms with van der Waals surface area (Å²) in [4.78, 5) is 10.9. The Morgan fingerprint density at radius 3 is 1.54 bits per heavy atom. The van der Waals surface area contributed by atoms with Crippen LogP contribution in [0.2, 0.25) is 0 Å². The van der Waals surface area contributed by atoms with Crippen LogP contribution in [-0.2, 0) is 10.2 Å². The number of hydrogen-bond donors (Lipinski definition) is 2. The first-order chi connectivity index (χ1) is 11.4. The van der Waals surface area contributed by atoms with Gasteiger partial charge in [-0.15, -0.1) is 0 Å². The molecule has 0 saturated carbocycles. The quantitative estimate of drug-likeness (QED) is 0.407. The Balaban J connectivity index is 4.26. The van der Waals surface area contributed by atoms with E-state index < -0.39 is 16.2 Å². The van der Waals surface area contributed by atoms with Crippen LogP contribution in [0.4, 0.5) is 4.79 Å². The van der Waals surface area contributed by atoms with Gasteiger partial charge in [0, 0.05) is 13.1 Å². The van der Waals surface area contributed by atoms with E-state index >= 15 is 0 Å². The molecule has 3 N–H and O–H groups in total. The van der Waals surface area contributed by atoms with Crippen LogP contribution in [-0.4, -0.2) is 31.8 Å². The van der Waals surface area contributed by atoms with Crippen molar-refractivity contribution in [2.24, 2.45) is 5.73 Å². The Bertz CT molecular complexity index is 397. The van der Waals surface area contributed by atoms with Gasteiger partial charge in [0.05, 0.1) is 0 Å². The maximum absolute atomic E-state index is 12.2. The Morgan fingerprint density at radius 2 is 1.17 bits per heavy atom. The summed E-state index contributed by atoms with van der Waals surface area (Å²) in [6.45, 7) is 5.24. The summed E-state index contributed by atoms with van der Waals surface area (Å²) < 4.78 is 27.6. The van der Waals surface area contributed by atoms with Crippen molar-refractivity contribution in [3.8, 4) is 0 Å². The van der Waals surface area contributed by atoms with Crippen molar-refractivity contribution in [2.45, 2.75) is 90.9 Å². The van der Waals surface area contributed by atoms with Crippen molar-refractivity contribution in [3.05, 3.63) is 0 Å². The van der Waals surface area contributed by atoms with Gasteiger partial charge in [-0.05, 0) is 12.8 Å². The van der Waals surface area contributed by atoms with E-state index in [-0.39, 0.29) is 0 Å². The number of unbranched alkanes of at least 4 members (excludes halogenated alkanes) is 10. The van der Waals surface area contributed by atoms with Crippen molar-refractivity contribution in [3.63, 3.8) is 0 Å². The lowest BCUT2D eigenvalue weighted by Gasteiger charge is -2.21. The molecule has 0 rings (SSSR count). The summed E-state index contributed by atoms with van der Waals surface area (Å²) in [7, 11) is -3.81. The van der Waals surface area contributed by atoms with Gasteiger partial charge in [0.15, 0.2) is 0 Å². The summed E-state index contributed by atoms with van der Waals surface area (Å²) in [6.07, 6.45) is 13.1. The number of primary amides is 1. The van der Waals surface area contributed by atoms with E-state index in [9.17, 15) is 13.2 Å². The summed E-state index contributed by atoms with van der Waals surface area (Å²) in [5.41, 5.74) is 4.98. The van der Waals surface area contributed by atoms with Gasteiger partial charge >= 0.3 is 16.2 Å². The minimum absolute atomic E-state index is 0.448. The molecular formula is C17H37N3O3S. The predicted octanol–water partition coefficient (Wildman–Crippen LogP) is 3.92. The number of rotatable bonds is 16. The molecule has 0 heterocycles. The van der Waals surface area contributed by atoms with Crippen molar-refractivity contribution in [2.75, 3.05) is 13.1 Å². The zero-order valence-corrected chi connectivity index (χ0v) is 16.4. The van der Waals surface area contributed by atoms with Crippen LogP contribution in [0.3, 0.4) is 0 Å². The molecule has 0 radical (unpaired) electrons. The second-order valence-electron chi connectivity index (χ2n) is 6.41. The highest BCUT2D eigenvalue weighted by atomic mass is 32.2. The van der Waals surface area contributed by atoms with Gasteiger partial charge in [-0.25, -0.2) is 9.52 Å². The van der Waals surface area contributed by atoms with E-state index in [1.165, 1.54) is 42.8 Å². The zero-order valence-electron chi connectivity index (χ0n) is 15.6. The van der Waals surface area contributed by atoms with Crippen molar-refractivity contribution in [1.29, 1.82) is 0 Å². The molecular weight excluding hydrogens is 326 g/mol. The third-order valence-corrected chi connectivity index (χ3v) is 5.60. The van der Waals surface area contributed by atoms with Crippen molar-refractivity contribution < 1.29 is 13.2 Å². The molecule has 0 aromatic rings. The first-order valence-electron chi connectivity index (χ1n) is 9.51. The van der Waals surface area contributed by atoms with Gasteiger partial charge in [-0.3, -0.25) is 0 Å². The number of carbonyl (C=O) groups excluding carboxylic acids is 1. The smallest absolute Gasteiger partial charge is 0.326 e. The minimum atomic E-state index is -3.81. The summed E-state index contributed by atoms with van der Waals surface area (Å²) in [5.74, 6) is 0. The monoisotopic (exact) mass is 363 g/mol. The molecule has 0 aliphatic rings. The molecule has 0 aromatic carbocycles. The number of urea groups is 1. The van der Waals surface area contributed by atoms with Crippen LogP contribution in [0.5, 0.6) is 0 Å². The van der Waals surface area contributed by atoms with E-state index in [2.05, 4.69) is 13.8 Å². The summed E-state index contributed by atoms with van der Waals surface area (Å²) in [6, 6.07) is -1.02. The highest BCUT2D eigenvalue weighted by Crippen LogP contribution is 2.11. The minimum Gasteiger partial charge on any atom is -0.351 e. The molecule has 0 saturated heterocycles. The molecule has 0 bridgehead atoms. The van der Waals surface area contributed by atoms with Gasteiger partial charge in [-0.2, -0.15) is 12.7 Å². The lowest BCUT2D eigenvalue weighted by Crippen LogP contribution is -2.46. The molecule has 2 amide bonds. The van der Waals surface area contributed by atoms with Crippen molar-refractivity contribution >= 4 is 16.2 Å². The lowest BCUT2D eigenvalue weighted by atomic mass is 10.1. The molecule has 0 unspecified atom stereocenters. The fourth-order valence-corrected chi connectivity index (χ4v) is 3.80. The second kappa shape index (κ2) is 14.5. The van der Waals surface area contributed by atoms with E-state index in [1.54, 1.807) is 0 Å². The number of nitrogens with zero attached hydrogens (tertiary/aromatic N) is 1. The Hall–Kier alpha value is -0.820. The molecule has 0 fully saturated rings. The largest absolute Gasteiger partial charge is 0.351 e. The van der Waals surface area contributed by atoms with E-state index in [0.717, 1.165) is 38.5 Å². The van der Waals surface area contributed by atoms with E-state index in [4.69, 9.17) is 5.73 Å². The van der Waals surface area contributed by atoms with Crippen LogP contribution < -0.4 is 10.5 Å². The molecule has 0 atom stereocenters. The summed E-state index contributed by atoms with van der Waals surface area (Å²) >= 11 is 0. The van der Waals surface area contributed by atoms with Gasteiger partial charge in [0.25, 0.3) is 0 Å². The maximum Gasteiger partial charge on any atom is 0.326 e. The molecule has 6 nitrogen and oxygen atoms in total. The highest BCUT2D eigenvalue weighted by Gasteiger charge is 2.22. The molecule has 0 aromatic heterocycles. The van der Waals surface area contributed by atoms with Crippen LogP contribution >= 0.6 is 0 Å². The van der Waals surface area contributed by atoms with Crippen LogP contribution in [0.25, 0.3) is 0 Å². The third-order valence-electron chi connectivity index (χ3n) is 4.09. The standard InChI is InChI=1S/C17H37N3O3S/c1-3-5-7-9-11-13-15-20(24(22,23)19-17(18)21)16-14-12-10-8-6-4-2/h3-16H2,1-2H3,(H3,18,19,21). The molecule has 0 aliphatic carbocycles. The number of carbonyl (C=O) groups is 1. The number of nitrogens with one attached hydrogen (secondary N) is 1. The molecule has 24 heavy (non-hydrogen) atoms. The maximum atomic E-state index is 12.2. The number of hydrogen-bond acceptors (Lipinski definition) is 3. The Kier molecular flexibility index (Phi) is 14.0. The summed E-state index contributed by atoms with van der Waals surface area (Å²) in [5, 5.41) is 0. The zero-order chi connectivity index (χ0) is 18.3. The molecule has 7 heteroatoms. The van der Waals surface area contributed by atoms with Gasteiger partial charge in [0.1, 0.15) is 0 Å². The average molecular weight is 364 g/mol. The van der Waals surface area contributed by atoms with Crippen LogP contribution in [0.15, 0.2) is 0 Å². The second-order valence-corrected chi connectivity index (χ2v) is 8.08. The van der Waals surface area contributed by atoms with Crippen LogP contribution in [0.1, 0.15) is 90.9 Å². The highest BCUT2D eigenvalue weighted by molar-refractivity contribution is 7.87. The molecule has 0 spiro atoms. The number of nitrogens with two attached hydrogens (primary N) is 1. The van der Waals surface area contributed by atoms with Gasteiger partial charge in [-0.1, -0.05) is 78.1 Å². The predicted molar refractivity (Wildman–Crippen MR) is 100.0 cm³/mol. The van der Waals surface area contributed by atoms with Gasteiger partial charge < -0.3 is 5.73 Å². The fraction of sp³-hybridized carbons (Fsp3) is 0.941. The normalized spacial score (nSPS) is 11.8. The average Bonchev–Trinajstić information content (AvgIpc) is 2.50. The number of amides is 2. The van der Waals surface area contributed by atoms with Gasteiger partial charge in [0.2, 0.25) is 0 Å². The first kappa shape index (κ1) is 23.2.